The summed E-state index contributed by atoms with van der Waals surface area (Å²) in [6, 6.07) is 8.92. The number of pyridine rings is 2. The molecule has 1 aromatic carbocycles. The fourth-order valence-electron chi connectivity index (χ4n) is 2.54. The zero-order chi connectivity index (χ0) is 18.5. The molecule has 0 aliphatic rings. The van der Waals surface area contributed by atoms with Crippen molar-refractivity contribution >= 4 is 5.78 Å². The summed E-state index contributed by atoms with van der Waals surface area (Å²) in [6.45, 7) is -0.176. The van der Waals surface area contributed by atoms with Gasteiger partial charge in [-0.15, -0.1) is 0 Å². The van der Waals surface area contributed by atoms with Gasteiger partial charge >= 0.3 is 0 Å². The van der Waals surface area contributed by atoms with Gasteiger partial charge in [0.05, 0.1) is 13.0 Å². The van der Waals surface area contributed by atoms with Crippen molar-refractivity contribution in [3.63, 3.8) is 0 Å². The van der Waals surface area contributed by atoms with E-state index in [0.717, 1.165) is 17.7 Å². The highest BCUT2D eigenvalue weighted by Crippen LogP contribution is 2.14. The molecule has 0 bridgehead atoms. The number of hydrogen-bond acceptors (Lipinski definition) is 4. The fraction of sp³-hybridized carbons (Fsp3) is 0.150. The van der Waals surface area contributed by atoms with Crippen LogP contribution in [-0.2, 0) is 19.4 Å². The summed E-state index contributed by atoms with van der Waals surface area (Å²) in [5.41, 5.74) is 3.06. The maximum Gasteiger partial charge on any atom is 0.170 e. The molecule has 3 rings (SSSR count). The zero-order valence-corrected chi connectivity index (χ0v) is 13.8. The molecular formula is C20H16F2N2O2. The minimum absolute atomic E-state index is 0.113. The number of ketones is 1. The van der Waals surface area contributed by atoms with Gasteiger partial charge in [-0.2, -0.15) is 0 Å². The number of Topliss-reactive ketones (excluding diaryl/α,β-unsaturated/α-hetero) is 1. The van der Waals surface area contributed by atoms with Crippen molar-refractivity contribution in [2.75, 3.05) is 0 Å². The van der Waals surface area contributed by atoms with Crippen molar-refractivity contribution in [2.45, 2.75) is 19.4 Å². The first kappa shape index (κ1) is 17.8. The minimum atomic E-state index is -0.878. The Morgan fingerprint density at radius 2 is 1.73 bits per heavy atom. The molecule has 0 aliphatic heterocycles. The Kier molecular flexibility index (Phi) is 5.43. The average molecular weight is 354 g/mol. The van der Waals surface area contributed by atoms with Crippen LogP contribution in [0.2, 0.25) is 0 Å². The second kappa shape index (κ2) is 7.93. The Balaban J connectivity index is 1.67. The molecule has 4 nitrogen and oxygen atoms in total. The molecule has 0 spiro atoms. The molecule has 6 heteroatoms. The summed E-state index contributed by atoms with van der Waals surface area (Å²) < 4.78 is 26.2. The third-order valence-electron chi connectivity index (χ3n) is 3.92. The lowest BCUT2D eigenvalue weighted by atomic mass is 10.0. The normalized spacial score (nSPS) is 10.7. The van der Waals surface area contributed by atoms with Gasteiger partial charge in [0.25, 0.3) is 0 Å². The van der Waals surface area contributed by atoms with E-state index < -0.39 is 11.6 Å². The van der Waals surface area contributed by atoms with Gasteiger partial charge in [0.1, 0.15) is 0 Å². The number of rotatable bonds is 6. The number of carbonyl (C=O) groups is 1. The lowest BCUT2D eigenvalue weighted by Crippen LogP contribution is -2.06. The maximum absolute atomic E-state index is 13.3. The number of benzene rings is 1. The summed E-state index contributed by atoms with van der Waals surface area (Å²) in [5.74, 6) is -1.90. The fourth-order valence-corrected chi connectivity index (χ4v) is 2.54. The van der Waals surface area contributed by atoms with Crippen LogP contribution in [-0.4, -0.2) is 20.9 Å². The van der Waals surface area contributed by atoms with E-state index in [4.69, 9.17) is 5.11 Å². The van der Waals surface area contributed by atoms with E-state index in [1.165, 1.54) is 18.5 Å². The second-order valence-corrected chi connectivity index (χ2v) is 5.92. The van der Waals surface area contributed by atoms with Gasteiger partial charge in [0, 0.05) is 29.8 Å². The van der Waals surface area contributed by atoms with Crippen molar-refractivity contribution in [1.29, 1.82) is 0 Å². The molecule has 0 radical (unpaired) electrons. The molecule has 1 N–H and O–H groups in total. The highest BCUT2D eigenvalue weighted by molar-refractivity contribution is 5.97. The first-order valence-electron chi connectivity index (χ1n) is 8.01. The predicted octanol–water partition coefficient (Wildman–Crippen LogP) is 3.26. The summed E-state index contributed by atoms with van der Waals surface area (Å²) in [7, 11) is 0. The average Bonchev–Trinajstić information content (AvgIpc) is 2.66. The number of carbonyl (C=O) groups excluding carboxylic acids is 1. The van der Waals surface area contributed by atoms with Gasteiger partial charge in [0.2, 0.25) is 0 Å². The molecule has 132 valence electrons. The Hall–Kier alpha value is -2.99. The van der Waals surface area contributed by atoms with Crippen LogP contribution in [0, 0.1) is 11.6 Å². The summed E-state index contributed by atoms with van der Waals surface area (Å²) in [4.78, 5) is 20.5. The number of halogens is 2. The first-order chi connectivity index (χ1) is 12.5. The van der Waals surface area contributed by atoms with Crippen LogP contribution >= 0.6 is 0 Å². The number of aliphatic hydroxyl groups excluding tert-OH is 1. The van der Waals surface area contributed by atoms with E-state index in [9.17, 15) is 13.6 Å². The van der Waals surface area contributed by atoms with Crippen LogP contribution in [0.3, 0.4) is 0 Å². The molecule has 2 aromatic heterocycles. The molecule has 0 fully saturated rings. The number of hydrogen-bond donors (Lipinski definition) is 1. The quantitative estimate of drug-likeness (QED) is 0.690. The molecule has 0 aliphatic carbocycles. The monoisotopic (exact) mass is 354 g/mol. The van der Waals surface area contributed by atoms with Crippen LogP contribution in [0.1, 0.15) is 32.7 Å². The van der Waals surface area contributed by atoms with Gasteiger partial charge in [-0.05, 0) is 47.4 Å². The lowest BCUT2D eigenvalue weighted by Gasteiger charge is -2.05. The van der Waals surface area contributed by atoms with Crippen LogP contribution in [0.15, 0.2) is 55.0 Å². The van der Waals surface area contributed by atoms with Gasteiger partial charge in [0.15, 0.2) is 17.4 Å². The lowest BCUT2D eigenvalue weighted by molar-refractivity contribution is 0.0991. The molecule has 0 saturated heterocycles. The molecule has 2 heterocycles. The topological polar surface area (TPSA) is 63.1 Å². The Labute approximate surface area is 149 Å². The minimum Gasteiger partial charge on any atom is -0.392 e. The number of aliphatic hydroxyl groups is 1. The molecule has 3 aromatic rings. The number of aromatic nitrogens is 2. The second-order valence-electron chi connectivity index (χ2n) is 5.92. The Bertz CT molecular complexity index is 927. The summed E-state index contributed by atoms with van der Waals surface area (Å²) >= 11 is 0. The van der Waals surface area contributed by atoms with E-state index in [1.54, 1.807) is 24.4 Å². The third kappa shape index (κ3) is 4.34. The summed E-state index contributed by atoms with van der Waals surface area (Å²) in [5, 5.41) is 9.11. The largest absolute Gasteiger partial charge is 0.392 e. The smallest absolute Gasteiger partial charge is 0.170 e. The van der Waals surface area contributed by atoms with Crippen molar-refractivity contribution in [2.24, 2.45) is 0 Å². The van der Waals surface area contributed by atoms with E-state index in [0.29, 0.717) is 28.8 Å². The molecule has 0 unspecified atom stereocenters. The van der Waals surface area contributed by atoms with Crippen molar-refractivity contribution in [1.82, 2.24) is 9.97 Å². The molecular weight excluding hydrogens is 338 g/mol. The Morgan fingerprint density at radius 1 is 0.923 bits per heavy atom. The number of nitrogens with zero attached hydrogens (tertiary/aromatic N) is 2. The van der Waals surface area contributed by atoms with Gasteiger partial charge in [-0.25, -0.2) is 8.78 Å². The maximum atomic E-state index is 13.3. The third-order valence-corrected chi connectivity index (χ3v) is 3.92. The molecule has 0 saturated carbocycles. The SMILES string of the molecule is O=C(Cc1ccc(Cc2ccc(F)c(F)c2)cn1)c1cncc(CO)c1. The highest BCUT2D eigenvalue weighted by Gasteiger charge is 2.10. The van der Waals surface area contributed by atoms with Gasteiger partial charge in [-0.3, -0.25) is 14.8 Å². The van der Waals surface area contributed by atoms with Crippen LogP contribution in [0.25, 0.3) is 0 Å². The van der Waals surface area contributed by atoms with E-state index in [1.807, 2.05) is 0 Å². The highest BCUT2D eigenvalue weighted by atomic mass is 19.2. The van der Waals surface area contributed by atoms with E-state index in [2.05, 4.69) is 9.97 Å². The Morgan fingerprint density at radius 3 is 2.42 bits per heavy atom. The zero-order valence-electron chi connectivity index (χ0n) is 13.8. The van der Waals surface area contributed by atoms with E-state index >= 15 is 0 Å². The molecule has 0 amide bonds. The van der Waals surface area contributed by atoms with Crippen LogP contribution in [0.4, 0.5) is 8.78 Å². The first-order valence-corrected chi connectivity index (χ1v) is 8.01. The van der Waals surface area contributed by atoms with Gasteiger partial charge < -0.3 is 5.11 Å². The van der Waals surface area contributed by atoms with Crippen molar-refractivity contribution in [3.05, 3.63) is 94.6 Å². The van der Waals surface area contributed by atoms with Crippen LogP contribution < -0.4 is 0 Å². The van der Waals surface area contributed by atoms with Crippen LogP contribution in [0.5, 0.6) is 0 Å². The van der Waals surface area contributed by atoms with Crippen molar-refractivity contribution in [3.8, 4) is 0 Å². The molecule has 0 atom stereocenters. The van der Waals surface area contributed by atoms with E-state index in [-0.39, 0.29) is 18.8 Å². The van der Waals surface area contributed by atoms with Crippen molar-refractivity contribution < 1.29 is 18.7 Å². The summed E-state index contributed by atoms with van der Waals surface area (Å²) in [6.07, 6.45) is 5.11. The predicted molar refractivity (Wildman–Crippen MR) is 91.6 cm³/mol. The van der Waals surface area contributed by atoms with Gasteiger partial charge in [-0.1, -0.05) is 12.1 Å². The standard InChI is InChI=1S/C20H16F2N2O2/c21-18-4-2-13(7-19(18)22)5-14-1-3-17(24-10-14)8-20(26)16-6-15(12-25)9-23-11-16/h1-4,6-7,9-11,25H,5,8,12H2. The molecule has 26 heavy (non-hydrogen) atoms.